The molecule has 0 bridgehead atoms. The van der Waals surface area contributed by atoms with E-state index in [4.69, 9.17) is 17.0 Å². The van der Waals surface area contributed by atoms with E-state index in [1.165, 1.54) is 12.1 Å². The van der Waals surface area contributed by atoms with Crippen LogP contribution in [-0.2, 0) is 10.0 Å². The van der Waals surface area contributed by atoms with E-state index >= 15 is 0 Å². The van der Waals surface area contributed by atoms with Crippen LogP contribution in [0.15, 0.2) is 59.5 Å². The molecule has 0 fully saturated rings. The Bertz CT molecular complexity index is 1330. The molecule has 0 spiro atoms. The van der Waals surface area contributed by atoms with Crippen molar-refractivity contribution in [1.82, 2.24) is 15.3 Å². The summed E-state index contributed by atoms with van der Waals surface area (Å²) >= 11 is 5.28. The molecule has 1 amide bonds. The number of ether oxygens (including phenoxy) is 1. The van der Waals surface area contributed by atoms with Gasteiger partial charge in [0, 0.05) is 17.1 Å². The Balaban J connectivity index is 1.58. The number of para-hydroxylation sites is 1. The minimum absolute atomic E-state index is 0.00816. The second-order valence-corrected chi connectivity index (χ2v) is 10.5. The number of aromatic nitrogens is 2. The quantitative estimate of drug-likeness (QED) is 0.229. The van der Waals surface area contributed by atoms with Crippen LogP contribution in [0.5, 0.6) is 5.75 Å². The van der Waals surface area contributed by atoms with Crippen LogP contribution < -0.4 is 20.1 Å². The molecule has 1 aromatic heterocycles. The van der Waals surface area contributed by atoms with Gasteiger partial charge in [0.2, 0.25) is 5.95 Å². The minimum atomic E-state index is -3.88. The van der Waals surface area contributed by atoms with Gasteiger partial charge in [-0.3, -0.25) is 10.1 Å². The highest BCUT2D eigenvalue weighted by Gasteiger charge is 2.17. The first-order chi connectivity index (χ1) is 17.7. The summed E-state index contributed by atoms with van der Waals surface area (Å²) in [5, 5.41) is 5.60. The highest BCUT2D eigenvalue weighted by Crippen LogP contribution is 2.20. The molecule has 0 unspecified atom stereocenters. The third kappa shape index (κ3) is 8.50. The number of benzene rings is 2. The Morgan fingerprint density at radius 1 is 0.973 bits per heavy atom. The maximum atomic E-state index is 12.8. The zero-order valence-corrected chi connectivity index (χ0v) is 22.7. The van der Waals surface area contributed by atoms with Crippen LogP contribution in [0, 0.1) is 13.8 Å². The van der Waals surface area contributed by atoms with E-state index in [0.29, 0.717) is 35.0 Å². The molecule has 1 heterocycles. The van der Waals surface area contributed by atoms with Crippen molar-refractivity contribution in [2.75, 3.05) is 16.6 Å². The van der Waals surface area contributed by atoms with Crippen LogP contribution in [0.3, 0.4) is 0 Å². The van der Waals surface area contributed by atoms with Gasteiger partial charge in [-0.2, -0.15) is 0 Å². The zero-order chi connectivity index (χ0) is 26.8. The van der Waals surface area contributed by atoms with E-state index < -0.39 is 15.9 Å². The van der Waals surface area contributed by atoms with Crippen molar-refractivity contribution in [3.8, 4) is 5.75 Å². The molecule has 0 saturated carbocycles. The molecule has 37 heavy (non-hydrogen) atoms. The predicted molar refractivity (Wildman–Crippen MR) is 149 cm³/mol. The number of thiocarbonyl (C=S) groups is 1. The Labute approximate surface area is 223 Å². The molecule has 0 saturated heterocycles. The summed E-state index contributed by atoms with van der Waals surface area (Å²) in [5.74, 6) is 0.0986. The molecule has 196 valence electrons. The summed E-state index contributed by atoms with van der Waals surface area (Å²) < 4.78 is 33.6. The molecule has 3 N–H and O–H groups in total. The summed E-state index contributed by atoms with van der Waals surface area (Å²) in [5.41, 5.74) is 2.19. The lowest BCUT2D eigenvalue weighted by Gasteiger charge is -2.13. The van der Waals surface area contributed by atoms with Gasteiger partial charge in [0.05, 0.1) is 17.1 Å². The van der Waals surface area contributed by atoms with E-state index in [9.17, 15) is 13.2 Å². The molecule has 0 radical (unpaired) electrons. The number of carbonyl (C=O) groups is 1. The Kier molecular flexibility index (Phi) is 9.93. The molecule has 3 aromatic rings. The summed E-state index contributed by atoms with van der Waals surface area (Å²) in [7, 11) is -3.88. The van der Waals surface area contributed by atoms with Gasteiger partial charge in [0.1, 0.15) is 5.75 Å². The van der Waals surface area contributed by atoms with Crippen LogP contribution in [0.25, 0.3) is 0 Å². The van der Waals surface area contributed by atoms with Crippen molar-refractivity contribution < 1.29 is 17.9 Å². The largest absolute Gasteiger partial charge is 0.493 e. The summed E-state index contributed by atoms with van der Waals surface area (Å²) in [4.78, 5) is 21.0. The zero-order valence-electron chi connectivity index (χ0n) is 21.1. The number of nitrogens with one attached hydrogen (secondary N) is 3. The number of carbonyl (C=O) groups excluding carboxylic acids is 1. The summed E-state index contributed by atoms with van der Waals surface area (Å²) in [6.07, 6.45) is 4.29. The number of amides is 1. The van der Waals surface area contributed by atoms with E-state index in [1.54, 1.807) is 50.2 Å². The molecule has 0 aliphatic heterocycles. The average molecular weight is 542 g/mol. The van der Waals surface area contributed by atoms with Crippen molar-refractivity contribution >= 4 is 44.9 Å². The first kappa shape index (κ1) is 28.0. The highest BCUT2D eigenvalue weighted by molar-refractivity contribution is 7.92. The number of sulfonamides is 1. The van der Waals surface area contributed by atoms with Gasteiger partial charge >= 0.3 is 0 Å². The third-order valence-electron chi connectivity index (χ3n) is 5.24. The standard InChI is InChI=1S/C26H31N5O4S2/c1-4-5-6-9-16-35-23-11-8-7-10-22(23)24(32)30-26(36)29-20-12-14-21(15-13-20)37(33,34)31-25-27-18(2)17-19(3)28-25/h7-8,10-15,17H,4-6,9,16H2,1-3H3,(H,27,28,31)(H2,29,30,32,36). The first-order valence-corrected chi connectivity index (χ1v) is 13.9. The number of aryl methyl sites for hydroxylation is 2. The Morgan fingerprint density at radius 2 is 1.65 bits per heavy atom. The molecule has 2 aromatic carbocycles. The normalized spacial score (nSPS) is 11.0. The topological polar surface area (TPSA) is 122 Å². The van der Waals surface area contributed by atoms with Crippen molar-refractivity contribution in [3.05, 3.63) is 71.5 Å². The maximum Gasteiger partial charge on any atom is 0.264 e. The fraction of sp³-hybridized carbons (Fsp3) is 0.308. The summed E-state index contributed by atoms with van der Waals surface area (Å²) in [6, 6.07) is 14.7. The molecule has 0 atom stereocenters. The van der Waals surface area contributed by atoms with Crippen molar-refractivity contribution in [1.29, 1.82) is 0 Å². The van der Waals surface area contributed by atoms with Crippen LogP contribution in [0.2, 0.25) is 0 Å². The van der Waals surface area contributed by atoms with Crippen LogP contribution in [0.4, 0.5) is 11.6 Å². The van der Waals surface area contributed by atoms with Crippen LogP contribution in [0.1, 0.15) is 54.4 Å². The second kappa shape index (κ2) is 13.1. The predicted octanol–water partition coefficient (Wildman–Crippen LogP) is 4.98. The molecular formula is C26H31N5O4S2. The third-order valence-corrected chi connectivity index (χ3v) is 6.79. The lowest BCUT2D eigenvalue weighted by molar-refractivity contribution is 0.0973. The maximum absolute atomic E-state index is 12.8. The number of hydrogen-bond acceptors (Lipinski definition) is 7. The van der Waals surface area contributed by atoms with Gasteiger partial charge in [0.25, 0.3) is 15.9 Å². The molecular weight excluding hydrogens is 510 g/mol. The van der Waals surface area contributed by atoms with Gasteiger partial charge < -0.3 is 10.1 Å². The van der Waals surface area contributed by atoms with E-state index in [-0.39, 0.29) is 16.0 Å². The number of anilines is 2. The van der Waals surface area contributed by atoms with E-state index in [0.717, 1.165) is 25.7 Å². The minimum Gasteiger partial charge on any atom is -0.493 e. The number of rotatable bonds is 11. The van der Waals surface area contributed by atoms with E-state index in [2.05, 4.69) is 32.2 Å². The van der Waals surface area contributed by atoms with Gasteiger partial charge in [-0.05, 0) is 75.0 Å². The highest BCUT2D eigenvalue weighted by atomic mass is 32.2. The molecule has 0 aliphatic carbocycles. The lowest BCUT2D eigenvalue weighted by Crippen LogP contribution is -2.34. The van der Waals surface area contributed by atoms with Crippen LogP contribution in [-0.4, -0.2) is 36.0 Å². The van der Waals surface area contributed by atoms with Crippen LogP contribution >= 0.6 is 12.2 Å². The fourth-order valence-corrected chi connectivity index (χ4v) is 4.65. The first-order valence-electron chi connectivity index (χ1n) is 12.0. The number of nitrogens with zero attached hydrogens (tertiary/aromatic N) is 2. The van der Waals surface area contributed by atoms with Gasteiger partial charge in [-0.15, -0.1) is 0 Å². The number of hydrogen-bond donors (Lipinski definition) is 3. The molecule has 3 rings (SSSR count). The monoisotopic (exact) mass is 541 g/mol. The Morgan fingerprint density at radius 3 is 2.32 bits per heavy atom. The molecule has 11 heteroatoms. The fourth-order valence-electron chi connectivity index (χ4n) is 3.49. The smallest absolute Gasteiger partial charge is 0.264 e. The molecule has 0 aliphatic rings. The van der Waals surface area contributed by atoms with Crippen molar-refractivity contribution in [3.63, 3.8) is 0 Å². The SMILES string of the molecule is CCCCCCOc1ccccc1C(=O)NC(=S)Nc1ccc(S(=O)(=O)Nc2nc(C)cc(C)n2)cc1. The van der Waals surface area contributed by atoms with Gasteiger partial charge in [-0.25, -0.2) is 23.1 Å². The Hall–Kier alpha value is -3.57. The van der Waals surface area contributed by atoms with Crippen molar-refractivity contribution in [2.45, 2.75) is 51.3 Å². The average Bonchev–Trinajstić information content (AvgIpc) is 2.83. The van der Waals surface area contributed by atoms with Crippen molar-refractivity contribution in [2.24, 2.45) is 0 Å². The van der Waals surface area contributed by atoms with Gasteiger partial charge in [-0.1, -0.05) is 38.3 Å². The second-order valence-electron chi connectivity index (χ2n) is 8.42. The summed E-state index contributed by atoms with van der Waals surface area (Å²) in [6.45, 7) is 6.20. The number of unbranched alkanes of at least 4 members (excludes halogenated alkanes) is 3. The molecule has 9 nitrogen and oxygen atoms in total. The van der Waals surface area contributed by atoms with E-state index in [1.807, 2.05) is 6.07 Å². The lowest BCUT2D eigenvalue weighted by atomic mass is 10.2. The van der Waals surface area contributed by atoms with Gasteiger partial charge in [0.15, 0.2) is 5.11 Å².